The second-order valence-corrected chi connectivity index (χ2v) is 5.59. The maximum absolute atomic E-state index is 11.8. The Morgan fingerprint density at radius 3 is 2.38 bits per heavy atom. The fourth-order valence-corrected chi connectivity index (χ4v) is 1.56. The summed E-state index contributed by atoms with van der Waals surface area (Å²) in [4.78, 5) is 33.9. The maximum Gasteiger partial charge on any atom is 0.326 e. The van der Waals surface area contributed by atoms with E-state index < -0.39 is 17.9 Å². The van der Waals surface area contributed by atoms with Crippen molar-refractivity contribution in [3.63, 3.8) is 0 Å². The molecule has 2 amide bonds. The quantitative estimate of drug-likeness (QED) is 0.420. The number of unbranched alkanes of at least 4 members (excludes halogenated alkanes) is 1. The Morgan fingerprint density at radius 1 is 1.29 bits per heavy atom. The number of hydrogen-bond donors (Lipinski definition) is 3. The number of carboxylic acid groups (broad SMARTS) is 1. The van der Waals surface area contributed by atoms with Gasteiger partial charge in [-0.3, -0.25) is 9.59 Å². The average Bonchev–Trinajstić information content (AvgIpc) is 2.44. The molecule has 21 heavy (non-hydrogen) atoms. The number of nitrogens with one attached hydrogen (secondary N) is 2. The summed E-state index contributed by atoms with van der Waals surface area (Å²) in [5.74, 6) is -1.57. The van der Waals surface area contributed by atoms with Gasteiger partial charge in [0.05, 0.1) is 0 Å². The van der Waals surface area contributed by atoms with Gasteiger partial charge in [-0.25, -0.2) is 4.79 Å². The first-order valence-electron chi connectivity index (χ1n) is 7.18. The molecule has 0 aliphatic heterocycles. The largest absolute Gasteiger partial charge is 0.480 e. The molecule has 0 aromatic rings. The lowest BCUT2D eigenvalue weighted by molar-refractivity contribution is -0.141. The van der Waals surface area contributed by atoms with Crippen LogP contribution in [0, 0.1) is 5.41 Å². The third kappa shape index (κ3) is 7.48. The van der Waals surface area contributed by atoms with Gasteiger partial charge in [-0.15, -0.1) is 0 Å². The van der Waals surface area contributed by atoms with E-state index in [-0.39, 0.29) is 11.3 Å². The summed E-state index contributed by atoms with van der Waals surface area (Å²) in [5.41, 5.74) is -0.387. The van der Waals surface area contributed by atoms with E-state index >= 15 is 0 Å². The first-order chi connectivity index (χ1) is 9.74. The lowest BCUT2D eigenvalue weighted by Gasteiger charge is -2.21. The first kappa shape index (κ1) is 19.1. The summed E-state index contributed by atoms with van der Waals surface area (Å²) in [6.45, 7) is 9.51. The van der Waals surface area contributed by atoms with Crippen molar-refractivity contribution in [3.05, 3.63) is 12.7 Å². The lowest BCUT2D eigenvalue weighted by atomic mass is 9.89. The minimum absolute atomic E-state index is 0.000236. The van der Waals surface area contributed by atoms with Crippen molar-refractivity contribution >= 4 is 17.8 Å². The highest BCUT2D eigenvalue weighted by Gasteiger charge is 2.24. The van der Waals surface area contributed by atoms with Crippen LogP contribution in [0.4, 0.5) is 0 Å². The van der Waals surface area contributed by atoms with Crippen molar-refractivity contribution in [2.24, 2.45) is 5.41 Å². The molecule has 0 aliphatic carbocycles. The highest BCUT2D eigenvalue weighted by atomic mass is 16.4. The average molecular weight is 298 g/mol. The SMILES string of the molecule is C=CC(=O)NC(CCCCNC(=O)C(C)(C)CC)C(=O)O. The Bertz CT molecular complexity index is 391. The number of carboxylic acids is 1. The number of rotatable bonds is 10. The van der Waals surface area contributed by atoms with Crippen LogP contribution in [0.15, 0.2) is 12.7 Å². The maximum atomic E-state index is 11.8. The summed E-state index contributed by atoms with van der Waals surface area (Å²) < 4.78 is 0. The van der Waals surface area contributed by atoms with Gasteiger partial charge in [-0.05, 0) is 31.8 Å². The zero-order valence-electron chi connectivity index (χ0n) is 13.1. The Labute approximate surface area is 126 Å². The molecule has 120 valence electrons. The van der Waals surface area contributed by atoms with Gasteiger partial charge in [-0.1, -0.05) is 27.4 Å². The molecule has 0 rings (SSSR count). The number of carbonyl (C=O) groups is 3. The van der Waals surface area contributed by atoms with Gasteiger partial charge in [0.1, 0.15) is 6.04 Å². The molecule has 6 nitrogen and oxygen atoms in total. The summed E-state index contributed by atoms with van der Waals surface area (Å²) in [7, 11) is 0. The smallest absolute Gasteiger partial charge is 0.326 e. The monoisotopic (exact) mass is 298 g/mol. The van der Waals surface area contributed by atoms with Gasteiger partial charge in [0, 0.05) is 12.0 Å². The fraction of sp³-hybridized carbons (Fsp3) is 0.667. The Hall–Kier alpha value is -1.85. The fourth-order valence-electron chi connectivity index (χ4n) is 1.56. The van der Waals surface area contributed by atoms with Crippen molar-refractivity contribution in [1.82, 2.24) is 10.6 Å². The number of carbonyl (C=O) groups excluding carboxylic acids is 2. The number of amides is 2. The normalized spacial score (nSPS) is 12.3. The van der Waals surface area contributed by atoms with Crippen molar-refractivity contribution < 1.29 is 19.5 Å². The molecule has 0 fully saturated rings. The van der Waals surface area contributed by atoms with E-state index in [4.69, 9.17) is 5.11 Å². The van der Waals surface area contributed by atoms with E-state index in [1.807, 2.05) is 20.8 Å². The molecular formula is C15H26N2O4. The van der Waals surface area contributed by atoms with Crippen LogP contribution in [0.3, 0.4) is 0 Å². The van der Waals surface area contributed by atoms with Crippen LogP contribution >= 0.6 is 0 Å². The van der Waals surface area contributed by atoms with E-state index in [9.17, 15) is 14.4 Å². The zero-order valence-corrected chi connectivity index (χ0v) is 13.1. The van der Waals surface area contributed by atoms with Crippen molar-refractivity contribution in [3.8, 4) is 0 Å². The standard InChI is InChI=1S/C15H26N2O4/c1-5-12(18)17-11(13(19)20)9-7-8-10-16-14(21)15(3,4)6-2/h5,11H,1,6-10H2,2-4H3,(H,16,21)(H,17,18)(H,19,20). The van der Waals surface area contributed by atoms with E-state index in [2.05, 4.69) is 17.2 Å². The van der Waals surface area contributed by atoms with E-state index in [0.29, 0.717) is 25.8 Å². The Morgan fingerprint density at radius 2 is 1.90 bits per heavy atom. The molecule has 6 heteroatoms. The van der Waals surface area contributed by atoms with Gasteiger partial charge >= 0.3 is 5.97 Å². The predicted molar refractivity (Wildman–Crippen MR) is 80.7 cm³/mol. The second-order valence-electron chi connectivity index (χ2n) is 5.59. The predicted octanol–water partition coefficient (Wildman–Crippen LogP) is 1.46. The summed E-state index contributed by atoms with van der Waals surface area (Å²) in [5, 5.41) is 14.2. The van der Waals surface area contributed by atoms with Crippen LogP contribution < -0.4 is 10.6 Å². The van der Waals surface area contributed by atoms with Crippen LogP contribution in [-0.4, -0.2) is 35.5 Å². The Kier molecular flexibility index (Phi) is 8.35. The third-order valence-electron chi connectivity index (χ3n) is 3.50. The third-order valence-corrected chi connectivity index (χ3v) is 3.50. The minimum atomic E-state index is -1.07. The van der Waals surface area contributed by atoms with Gasteiger partial charge in [0.2, 0.25) is 11.8 Å². The first-order valence-corrected chi connectivity index (χ1v) is 7.18. The second kappa shape index (κ2) is 9.15. The van der Waals surface area contributed by atoms with Crippen LogP contribution in [0.1, 0.15) is 46.5 Å². The number of hydrogen-bond acceptors (Lipinski definition) is 3. The van der Waals surface area contributed by atoms with E-state index in [1.54, 1.807) is 0 Å². The molecule has 3 N–H and O–H groups in total. The zero-order chi connectivity index (χ0) is 16.5. The number of aliphatic carboxylic acids is 1. The van der Waals surface area contributed by atoms with Gasteiger partial charge < -0.3 is 15.7 Å². The molecule has 0 heterocycles. The molecule has 0 aromatic carbocycles. The molecule has 0 spiro atoms. The molecule has 0 aromatic heterocycles. The van der Waals surface area contributed by atoms with Crippen molar-refractivity contribution in [2.75, 3.05) is 6.54 Å². The van der Waals surface area contributed by atoms with Crippen LogP contribution in [0.5, 0.6) is 0 Å². The van der Waals surface area contributed by atoms with Gasteiger partial charge in [-0.2, -0.15) is 0 Å². The summed E-state index contributed by atoms with van der Waals surface area (Å²) >= 11 is 0. The highest BCUT2D eigenvalue weighted by molar-refractivity contribution is 5.90. The molecule has 0 saturated carbocycles. The van der Waals surface area contributed by atoms with Crippen molar-refractivity contribution in [2.45, 2.75) is 52.5 Å². The minimum Gasteiger partial charge on any atom is -0.480 e. The molecule has 1 atom stereocenters. The molecule has 0 saturated heterocycles. The molecule has 0 bridgehead atoms. The van der Waals surface area contributed by atoms with Crippen LogP contribution in [-0.2, 0) is 14.4 Å². The van der Waals surface area contributed by atoms with E-state index in [1.165, 1.54) is 0 Å². The lowest BCUT2D eigenvalue weighted by Crippen LogP contribution is -2.40. The van der Waals surface area contributed by atoms with Crippen LogP contribution in [0.2, 0.25) is 0 Å². The molecule has 1 unspecified atom stereocenters. The summed E-state index contributed by atoms with van der Waals surface area (Å²) in [6, 6.07) is -0.918. The molecular weight excluding hydrogens is 272 g/mol. The molecule has 0 aliphatic rings. The highest BCUT2D eigenvalue weighted by Crippen LogP contribution is 2.19. The van der Waals surface area contributed by atoms with Gasteiger partial charge in [0.15, 0.2) is 0 Å². The van der Waals surface area contributed by atoms with Crippen molar-refractivity contribution in [1.29, 1.82) is 0 Å². The summed E-state index contributed by atoms with van der Waals surface area (Å²) in [6.07, 6.45) is 3.39. The van der Waals surface area contributed by atoms with E-state index in [0.717, 1.165) is 12.5 Å². The molecule has 0 radical (unpaired) electrons. The Balaban J connectivity index is 4.02. The van der Waals surface area contributed by atoms with Crippen LogP contribution in [0.25, 0.3) is 0 Å². The topological polar surface area (TPSA) is 95.5 Å². The van der Waals surface area contributed by atoms with Gasteiger partial charge in [0.25, 0.3) is 0 Å².